The van der Waals surface area contributed by atoms with Gasteiger partial charge in [-0.05, 0) is 158 Å². The molecule has 12 aromatic rings. The van der Waals surface area contributed by atoms with Crippen molar-refractivity contribution < 1.29 is 2.74 Å². The van der Waals surface area contributed by atoms with Gasteiger partial charge in [0.2, 0.25) is 13.4 Å². The molecule has 12 aromatic carbocycles. The van der Waals surface area contributed by atoms with Crippen LogP contribution in [0, 0.1) is 0 Å². The highest BCUT2D eigenvalue weighted by Crippen LogP contribution is 2.48. The first-order valence-electron chi connectivity index (χ1n) is 24.2. The molecule has 0 unspecified atom stereocenters. The smallest absolute Gasteiger partial charge is 0.0657 e. The predicted molar refractivity (Wildman–Crippen MR) is 283 cm³/mol. The van der Waals surface area contributed by atoms with Gasteiger partial charge in [0, 0.05) is 0 Å². The topological polar surface area (TPSA) is 0 Å². The highest BCUT2D eigenvalue weighted by molar-refractivity contribution is 7.03. The first-order chi connectivity index (χ1) is 33.6. The third-order valence-corrected chi connectivity index (χ3v) is 15.6. The molecule has 298 valence electrons. The average Bonchev–Trinajstić information content (AvgIpc) is 3.91. The summed E-state index contributed by atoms with van der Waals surface area (Å²) >= 11 is 0. The second-order valence-electron chi connectivity index (χ2n) is 18.8. The number of rotatable bonds is 4. The predicted octanol–water partition coefficient (Wildman–Crippen LogP) is 12.2. The first kappa shape index (κ1) is 33.3. The molecule has 0 nitrogen and oxygen atoms in total. The zero-order valence-electron chi connectivity index (χ0n) is 37.8. The molecule has 16 rings (SSSR count). The fourth-order valence-electron chi connectivity index (χ4n) is 12.9. The summed E-state index contributed by atoms with van der Waals surface area (Å²) in [6, 6.07) is 76.9. The van der Waals surface area contributed by atoms with Crippen LogP contribution in [0.5, 0.6) is 0 Å². The van der Waals surface area contributed by atoms with Crippen molar-refractivity contribution in [2.45, 2.75) is 0 Å². The van der Waals surface area contributed by atoms with Crippen LogP contribution in [0.15, 0.2) is 218 Å². The molecule has 0 aliphatic carbocycles. The van der Waals surface area contributed by atoms with Gasteiger partial charge < -0.3 is 0 Å². The van der Waals surface area contributed by atoms with Crippen molar-refractivity contribution in [3.63, 3.8) is 0 Å². The molecule has 0 saturated heterocycles. The van der Waals surface area contributed by atoms with Gasteiger partial charge in [-0.15, -0.1) is 0 Å². The lowest BCUT2D eigenvalue weighted by atomic mass is 9.34. The Labute approximate surface area is 386 Å². The molecular weight excluding hydrogens is 790 g/mol. The standard InChI is InChI=1S/C64H36B2/c1-5-13-37(14-6-1)41-23-27-55-49(29-41)53-33-45(39-17-9-3-10-18-39)31-51-47-25-21-44-36-58-62-48(26-22-43-35-57(65(55)63(51)53)61(47)59(44)60(43)62)52-32-46(40-19-11-4-12-20-40)34-54-50-30-42(38-15-7-2-8-16-38)24-28-56(50)66(58)64(52)54/h1-36H/i21D,22D. The maximum Gasteiger partial charge on any atom is 0.244 e. The SMILES string of the molecule is [2H]c1cc2c3c(cc4c([2H])cc5c6c(cc1c3c46)B1c3ccc(-c4ccccc4)cc3-c3cc(-c4ccccc4)cc-5c31)B1c3ccc(-c4ccccc4)cc3-c3cc(-c4ccccc4)cc-2c31. The van der Waals surface area contributed by atoms with Gasteiger partial charge in [-0.3, -0.25) is 0 Å². The molecule has 4 aliphatic rings. The Morgan fingerprint density at radius 1 is 0.242 bits per heavy atom. The minimum Gasteiger partial charge on any atom is -0.0657 e. The van der Waals surface area contributed by atoms with E-state index in [0.29, 0.717) is 12.1 Å². The van der Waals surface area contributed by atoms with Crippen molar-refractivity contribution in [2.24, 2.45) is 0 Å². The Balaban J connectivity index is 1.02. The van der Waals surface area contributed by atoms with E-state index in [-0.39, 0.29) is 13.4 Å². The molecule has 0 atom stereocenters. The molecule has 0 bridgehead atoms. The molecular formula is C64H36B2. The summed E-state index contributed by atoms with van der Waals surface area (Å²) in [5.74, 6) is 0. The molecule has 0 aromatic heterocycles. The van der Waals surface area contributed by atoms with Crippen molar-refractivity contribution >= 4 is 78.5 Å². The van der Waals surface area contributed by atoms with Crippen molar-refractivity contribution in [1.82, 2.24) is 0 Å². The van der Waals surface area contributed by atoms with Crippen LogP contribution in [0.4, 0.5) is 0 Å². The maximum absolute atomic E-state index is 10.1. The molecule has 66 heavy (non-hydrogen) atoms. The highest BCUT2D eigenvalue weighted by atomic mass is 14.3. The van der Waals surface area contributed by atoms with E-state index in [1.807, 2.05) is 0 Å². The average molecular weight is 829 g/mol. The highest BCUT2D eigenvalue weighted by Gasteiger charge is 2.44. The Hall–Kier alpha value is -8.19. The number of hydrogen-bond acceptors (Lipinski definition) is 0. The lowest BCUT2D eigenvalue weighted by Gasteiger charge is -2.31. The molecule has 0 amide bonds. The Kier molecular flexibility index (Phi) is 6.44. The number of hydrogen-bond donors (Lipinski definition) is 0. The van der Waals surface area contributed by atoms with Crippen LogP contribution in [0.1, 0.15) is 2.74 Å². The molecule has 4 heterocycles. The lowest BCUT2D eigenvalue weighted by Crippen LogP contribution is -2.52. The second-order valence-corrected chi connectivity index (χ2v) is 18.8. The summed E-state index contributed by atoms with van der Waals surface area (Å²) in [5, 5.41) is 6.64. The molecule has 0 saturated carbocycles. The molecule has 0 spiro atoms. The van der Waals surface area contributed by atoms with Crippen LogP contribution in [0.2, 0.25) is 0 Å². The monoisotopic (exact) mass is 828 g/mol. The second kappa shape index (κ2) is 12.7. The van der Waals surface area contributed by atoms with Crippen LogP contribution in [0.25, 0.3) is 121 Å². The zero-order chi connectivity index (χ0) is 44.5. The van der Waals surface area contributed by atoms with Gasteiger partial charge in [0.15, 0.2) is 0 Å². The van der Waals surface area contributed by atoms with Gasteiger partial charge >= 0.3 is 0 Å². The zero-order valence-corrected chi connectivity index (χ0v) is 35.8. The van der Waals surface area contributed by atoms with E-state index in [2.05, 4.69) is 206 Å². The van der Waals surface area contributed by atoms with Crippen LogP contribution < -0.4 is 32.8 Å². The van der Waals surface area contributed by atoms with Crippen molar-refractivity contribution in [3.05, 3.63) is 218 Å². The van der Waals surface area contributed by atoms with Gasteiger partial charge in [0.05, 0.1) is 2.74 Å². The van der Waals surface area contributed by atoms with Crippen molar-refractivity contribution in [3.8, 4) is 89.0 Å². The first-order valence-corrected chi connectivity index (χ1v) is 23.2. The summed E-state index contributed by atoms with van der Waals surface area (Å²) in [4.78, 5) is 0. The quantitative estimate of drug-likeness (QED) is 0.122. The van der Waals surface area contributed by atoms with Gasteiger partial charge in [-0.2, -0.15) is 0 Å². The fourth-order valence-corrected chi connectivity index (χ4v) is 12.9. The minimum atomic E-state index is -0.0102. The van der Waals surface area contributed by atoms with E-state index in [1.54, 1.807) is 0 Å². The lowest BCUT2D eigenvalue weighted by molar-refractivity contribution is 1.61. The molecule has 0 N–H and O–H groups in total. The molecule has 0 radical (unpaired) electrons. The van der Waals surface area contributed by atoms with E-state index in [1.165, 1.54) is 121 Å². The van der Waals surface area contributed by atoms with Gasteiger partial charge in [-0.1, -0.05) is 215 Å². The number of fused-ring (bicyclic) bond motifs is 10. The number of benzene rings is 12. The van der Waals surface area contributed by atoms with Crippen molar-refractivity contribution in [2.75, 3.05) is 0 Å². The van der Waals surface area contributed by atoms with E-state index >= 15 is 0 Å². The maximum atomic E-state index is 10.1. The van der Waals surface area contributed by atoms with Gasteiger partial charge in [0.25, 0.3) is 0 Å². The largest absolute Gasteiger partial charge is 0.244 e. The summed E-state index contributed by atoms with van der Waals surface area (Å²) in [7, 11) is 0. The van der Waals surface area contributed by atoms with Gasteiger partial charge in [-0.25, -0.2) is 0 Å². The summed E-state index contributed by atoms with van der Waals surface area (Å²) in [5.41, 5.74) is 27.0. The minimum absolute atomic E-state index is 0.0102. The van der Waals surface area contributed by atoms with Crippen LogP contribution in [0.3, 0.4) is 0 Å². The van der Waals surface area contributed by atoms with Crippen LogP contribution >= 0.6 is 0 Å². The van der Waals surface area contributed by atoms with Crippen LogP contribution in [-0.4, -0.2) is 13.4 Å². The molecule has 0 fully saturated rings. The Morgan fingerprint density at radius 3 is 0.955 bits per heavy atom. The van der Waals surface area contributed by atoms with Crippen LogP contribution in [-0.2, 0) is 0 Å². The van der Waals surface area contributed by atoms with E-state index in [9.17, 15) is 2.74 Å². The third kappa shape index (κ3) is 4.56. The Bertz CT molecular complexity index is 3930. The molecule has 2 heteroatoms. The fraction of sp³-hybridized carbons (Fsp3) is 0. The van der Waals surface area contributed by atoms with Crippen molar-refractivity contribution in [1.29, 1.82) is 0 Å². The Morgan fingerprint density at radius 2 is 0.576 bits per heavy atom. The third-order valence-electron chi connectivity index (χ3n) is 15.6. The summed E-state index contributed by atoms with van der Waals surface area (Å²) in [6.45, 7) is -0.0203. The van der Waals surface area contributed by atoms with Gasteiger partial charge in [0.1, 0.15) is 0 Å². The van der Waals surface area contributed by atoms with E-state index < -0.39 is 0 Å². The molecule has 4 aliphatic heterocycles. The normalized spacial score (nSPS) is 13.5. The summed E-state index contributed by atoms with van der Waals surface area (Å²) < 4.78 is 20.2. The summed E-state index contributed by atoms with van der Waals surface area (Å²) in [6.07, 6.45) is 0. The van der Waals surface area contributed by atoms with E-state index in [4.69, 9.17) is 0 Å². The van der Waals surface area contributed by atoms with E-state index in [0.717, 1.165) is 32.7 Å².